The van der Waals surface area contributed by atoms with Crippen LogP contribution in [0.25, 0.3) is 27.7 Å². The molecule has 0 saturated heterocycles. The lowest BCUT2D eigenvalue weighted by molar-refractivity contribution is 0.296. The van der Waals surface area contributed by atoms with Crippen LogP contribution in [0.3, 0.4) is 0 Å². The average Bonchev–Trinajstić information content (AvgIpc) is 3.69. The maximum atomic E-state index is 6.19. The molecule has 0 atom stereocenters. The van der Waals surface area contributed by atoms with E-state index in [1.807, 2.05) is 78.9 Å². The highest BCUT2D eigenvalue weighted by atomic mass is 35.5. The first-order chi connectivity index (χ1) is 18.7. The fourth-order valence-electron chi connectivity index (χ4n) is 3.78. The van der Waals surface area contributed by atoms with Crippen molar-refractivity contribution in [2.24, 2.45) is 0 Å². The van der Waals surface area contributed by atoms with E-state index >= 15 is 0 Å². The van der Waals surface area contributed by atoms with E-state index in [-0.39, 0.29) is 0 Å². The van der Waals surface area contributed by atoms with Crippen LogP contribution >= 0.6 is 22.9 Å². The number of hydrogen-bond donors (Lipinski definition) is 1. The Kier molecular flexibility index (Phi) is 6.63. The van der Waals surface area contributed by atoms with Crippen LogP contribution in [0.15, 0.2) is 78.9 Å². The Balaban J connectivity index is 1.10. The number of aromatic nitrogens is 6. The molecule has 0 spiro atoms. The van der Waals surface area contributed by atoms with Gasteiger partial charge in [-0.25, -0.2) is 0 Å². The minimum atomic E-state index is 0.299. The second-order valence-corrected chi connectivity index (χ2v) is 9.70. The Morgan fingerprint density at radius 2 is 1.58 bits per heavy atom. The number of aromatic amines is 1. The summed E-state index contributed by atoms with van der Waals surface area (Å²) >= 11 is 7.61. The molecule has 0 fully saturated rings. The Hall–Kier alpha value is -4.41. The van der Waals surface area contributed by atoms with Crippen LogP contribution in [0.1, 0.15) is 10.6 Å². The molecule has 190 valence electrons. The highest BCUT2D eigenvalue weighted by Crippen LogP contribution is 2.27. The molecule has 38 heavy (non-hydrogen) atoms. The highest BCUT2D eigenvalue weighted by molar-refractivity contribution is 7.16. The van der Waals surface area contributed by atoms with Crippen molar-refractivity contribution in [3.05, 3.63) is 94.5 Å². The molecular weight excluding hydrogens is 524 g/mol. The van der Waals surface area contributed by atoms with E-state index in [0.717, 1.165) is 33.3 Å². The Bertz CT molecular complexity index is 1680. The fraction of sp³-hybridized carbons (Fsp3) is 0.111. The number of methoxy groups -OCH3 is 1. The van der Waals surface area contributed by atoms with Crippen molar-refractivity contribution < 1.29 is 14.2 Å². The van der Waals surface area contributed by atoms with Gasteiger partial charge in [-0.15, -0.1) is 10.2 Å². The molecule has 6 aromatic rings. The molecule has 3 heterocycles. The van der Waals surface area contributed by atoms with E-state index in [1.54, 1.807) is 11.6 Å². The first kappa shape index (κ1) is 24.0. The minimum Gasteiger partial charge on any atom is -0.497 e. The van der Waals surface area contributed by atoms with Crippen LogP contribution in [-0.2, 0) is 13.2 Å². The van der Waals surface area contributed by atoms with Gasteiger partial charge in [0.15, 0.2) is 5.01 Å². The van der Waals surface area contributed by atoms with Crippen LogP contribution in [0.5, 0.6) is 17.2 Å². The van der Waals surface area contributed by atoms with Crippen LogP contribution in [0.2, 0.25) is 5.02 Å². The molecule has 0 aliphatic carbocycles. The van der Waals surface area contributed by atoms with Crippen LogP contribution in [0, 0.1) is 0 Å². The normalized spacial score (nSPS) is 11.1. The predicted octanol–water partition coefficient (Wildman–Crippen LogP) is 6.06. The molecule has 0 bridgehead atoms. The first-order valence-electron chi connectivity index (χ1n) is 11.7. The number of nitrogens with one attached hydrogen (secondary N) is 1. The van der Waals surface area contributed by atoms with Crippen LogP contribution in [-0.4, -0.2) is 37.1 Å². The van der Waals surface area contributed by atoms with E-state index in [4.69, 9.17) is 25.8 Å². The molecule has 0 saturated carbocycles. The van der Waals surface area contributed by atoms with E-state index < -0.39 is 0 Å². The summed E-state index contributed by atoms with van der Waals surface area (Å²) in [6.07, 6.45) is 0. The predicted molar refractivity (Wildman–Crippen MR) is 145 cm³/mol. The van der Waals surface area contributed by atoms with Gasteiger partial charge in [0, 0.05) is 16.1 Å². The van der Waals surface area contributed by atoms with Gasteiger partial charge < -0.3 is 14.2 Å². The fourth-order valence-corrected chi connectivity index (χ4v) is 4.72. The van der Waals surface area contributed by atoms with Crippen LogP contribution in [0.4, 0.5) is 0 Å². The molecule has 3 aromatic heterocycles. The van der Waals surface area contributed by atoms with Gasteiger partial charge in [-0.3, -0.25) is 5.10 Å². The number of benzene rings is 3. The van der Waals surface area contributed by atoms with Gasteiger partial charge in [0.2, 0.25) is 10.8 Å². The summed E-state index contributed by atoms with van der Waals surface area (Å²) in [6, 6.07) is 24.7. The van der Waals surface area contributed by atoms with Gasteiger partial charge in [-0.05, 0) is 60.7 Å². The van der Waals surface area contributed by atoms with Crippen molar-refractivity contribution in [1.29, 1.82) is 0 Å². The largest absolute Gasteiger partial charge is 0.497 e. The zero-order chi connectivity index (χ0) is 25.9. The lowest BCUT2D eigenvalue weighted by atomic mass is 10.1. The second-order valence-electron chi connectivity index (χ2n) is 8.25. The molecule has 0 amide bonds. The maximum absolute atomic E-state index is 6.19. The van der Waals surface area contributed by atoms with Gasteiger partial charge >= 0.3 is 0 Å². The van der Waals surface area contributed by atoms with Gasteiger partial charge in [0.25, 0.3) is 0 Å². The summed E-state index contributed by atoms with van der Waals surface area (Å²) in [5.41, 5.74) is 3.40. The Morgan fingerprint density at radius 1 is 0.868 bits per heavy atom. The summed E-state index contributed by atoms with van der Waals surface area (Å²) in [5, 5.41) is 22.1. The number of hydrogen-bond acceptors (Lipinski definition) is 8. The first-order valence-corrected chi connectivity index (χ1v) is 12.9. The molecule has 3 aromatic carbocycles. The molecule has 0 unspecified atom stereocenters. The van der Waals surface area contributed by atoms with Crippen molar-refractivity contribution in [3.8, 4) is 40.0 Å². The molecule has 0 aliphatic rings. The van der Waals surface area contributed by atoms with Crippen LogP contribution < -0.4 is 14.2 Å². The third-order valence-electron chi connectivity index (χ3n) is 5.78. The SMILES string of the molecule is COc1ccc(-c2cc(-c3nnc4sc(COc5ccc(OCc6ccccc6Cl)cc5)nn34)[nH]n2)cc1. The van der Waals surface area contributed by atoms with E-state index in [1.165, 1.54) is 11.3 Å². The lowest BCUT2D eigenvalue weighted by Gasteiger charge is -2.09. The van der Waals surface area contributed by atoms with Gasteiger partial charge in [0.1, 0.15) is 36.2 Å². The topological polar surface area (TPSA) is 99.5 Å². The van der Waals surface area contributed by atoms with Gasteiger partial charge in [0.05, 0.1) is 12.8 Å². The molecule has 0 aliphatic heterocycles. The number of H-pyrrole nitrogens is 1. The van der Waals surface area contributed by atoms with E-state index in [0.29, 0.717) is 40.5 Å². The number of rotatable bonds is 9. The summed E-state index contributed by atoms with van der Waals surface area (Å²) < 4.78 is 18.7. The summed E-state index contributed by atoms with van der Waals surface area (Å²) in [7, 11) is 1.64. The maximum Gasteiger partial charge on any atom is 0.235 e. The zero-order valence-electron chi connectivity index (χ0n) is 20.2. The Labute approximate surface area is 226 Å². The lowest BCUT2D eigenvalue weighted by Crippen LogP contribution is -1.98. The van der Waals surface area contributed by atoms with Crippen molar-refractivity contribution in [2.45, 2.75) is 13.2 Å². The van der Waals surface area contributed by atoms with Crippen molar-refractivity contribution in [3.63, 3.8) is 0 Å². The molecule has 1 N–H and O–H groups in total. The summed E-state index contributed by atoms with van der Waals surface area (Å²) in [5.74, 6) is 2.81. The zero-order valence-corrected chi connectivity index (χ0v) is 21.7. The quantitative estimate of drug-likeness (QED) is 0.236. The monoisotopic (exact) mass is 544 g/mol. The number of fused-ring (bicyclic) bond motifs is 1. The van der Waals surface area contributed by atoms with Gasteiger partial charge in [-0.2, -0.15) is 14.7 Å². The molecular formula is C27H21ClN6O3S. The number of nitrogens with zero attached hydrogens (tertiary/aromatic N) is 5. The summed E-state index contributed by atoms with van der Waals surface area (Å²) in [4.78, 5) is 0.669. The number of halogens is 1. The molecule has 11 heteroatoms. The average molecular weight is 545 g/mol. The van der Waals surface area contributed by atoms with Crippen molar-refractivity contribution in [2.75, 3.05) is 7.11 Å². The third-order valence-corrected chi connectivity index (χ3v) is 7.02. The molecule has 6 rings (SSSR count). The minimum absolute atomic E-state index is 0.299. The third kappa shape index (κ3) is 5.04. The Morgan fingerprint density at radius 3 is 2.32 bits per heavy atom. The van der Waals surface area contributed by atoms with Gasteiger partial charge in [-0.1, -0.05) is 41.1 Å². The highest BCUT2D eigenvalue weighted by Gasteiger charge is 2.16. The van der Waals surface area contributed by atoms with Crippen molar-refractivity contribution in [1.82, 2.24) is 30.0 Å². The standard InChI is InChI=1S/C27H21ClN6O3S/c1-35-19-8-6-17(7-9-19)23-14-24(30-29-23)26-31-32-27-34(26)33-25(38-27)16-37-21-12-10-20(11-13-21)36-15-18-4-2-3-5-22(18)28/h2-14H,15-16H2,1H3,(H,29,30). The number of ether oxygens (including phenoxy) is 3. The second kappa shape index (κ2) is 10.5. The van der Waals surface area contributed by atoms with E-state index in [2.05, 4.69) is 25.5 Å². The molecule has 0 radical (unpaired) electrons. The van der Waals surface area contributed by atoms with Crippen molar-refractivity contribution >= 4 is 27.9 Å². The smallest absolute Gasteiger partial charge is 0.235 e. The molecule has 9 nitrogen and oxygen atoms in total. The summed E-state index contributed by atoms with van der Waals surface area (Å²) in [6.45, 7) is 0.695. The van der Waals surface area contributed by atoms with E-state index in [9.17, 15) is 0 Å².